The van der Waals surface area contributed by atoms with Crippen molar-refractivity contribution in [2.45, 2.75) is 52.7 Å². The molecule has 0 fully saturated rings. The fourth-order valence-corrected chi connectivity index (χ4v) is 3.08. The second kappa shape index (κ2) is 12.4. The number of nitrogens with zero attached hydrogens (tertiary/aromatic N) is 4. The van der Waals surface area contributed by atoms with Gasteiger partial charge in [-0.05, 0) is 36.6 Å². The summed E-state index contributed by atoms with van der Waals surface area (Å²) in [6.07, 6.45) is 5.35. The van der Waals surface area contributed by atoms with Crippen LogP contribution in [0.5, 0.6) is 0 Å². The SMILES string of the molecule is CCc1ccc(C(C)NC(=NCc2ccco2)NCCn2cnnc2CC)cc1.I. The second-order valence-electron chi connectivity index (χ2n) is 6.93. The lowest BCUT2D eigenvalue weighted by molar-refractivity contribution is 0.511. The number of hydrogen-bond donors (Lipinski definition) is 2. The van der Waals surface area contributed by atoms with E-state index in [1.165, 1.54) is 11.1 Å². The highest BCUT2D eigenvalue weighted by atomic mass is 127. The minimum absolute atomic E-state index is 0. The fourth-order valence-electron chi connectivity index (χ4n) is 3.08. The van der Waals surface area contributed by atoms with E-state index in [9.17, 15) is 0 Å². The van der Waals surface area contributed by atoms with E-state index in [0.717, 1.165) is 43.5 Å². The van der Waals surface area contributed by atoms with E-state index in [4.69, 9.17) is 4.42 Å². The molecule has 1 atom stereocenters. The number of hydrogen-bond acceptors (Lipinski definition) is 4. The quantitative estimate of drug-likeness (QED) is 0.251. The molecule has 1 aromatic carbocycles. The third kappa shape index (κ3) is 6.86. The summed E-state index contributed by atoms with van der Waals surface area (Å²) in [4.78, 5) is 4.69. The molecule has 162 valence electrons. The van der Waals surface area contributed by atoms with Gasteiger partial charge in [-0.15, -0.1) is 34.2 Å². The first-order chi connectivity index (χ1) is 14.2. The van der Waals surface area contributed by atoms with Crippen LogP contribution in [0.3, 0.4) is 0 Å². The van der Waals surface area contributed by atoms with Gasteiger partial charge in [0.15, 0.2) is 5.96 Å². The molecule has 0 aliphatic carbocycles. The zero-order chi connectivity index (χ0) is 20.5. The van der Waals surface area contributed by atoms with Crippen molar-refractivity contribution in [3.8, 4) is 0 Å². The third-order valence-corrected chi connectivity index (χ3v) is 4.87. The van der Waals surface area contributed by atoms with Gasteiger partial charge >= 0.3 is 0 Å². The first-order valence-corrected chi connectivity index (χ1v) is 10.2. The standard InChI is InChI=1S/C22H30N6O.HI/c1-4-18-8-10-19(11-9-18)17(3)26-22(24-15-20-7-6-14-29-20)23-12-13-28-16-25-27-21(28)5-2;/h6-11,14,16-17H,4-5,12-13,15H2,1-3H3,(H2,23,24,26);1H. The van der Waals surface area contributed by atoms with E-state index < -0.39 is 0 Å². The van der Waals surface area contributed by atoms with Crippen molar-refractivity contribution in [1.29, 1.82) is 0 Å². The van der Waals surface area contributed by atoms with Crippen LogP contribution < -0.4 is 10.6 Å². The van der Waals surface area contributed by atoms with Crippen LogP contribution >= 0.6 is 24.0 Å². The zero-order valence-corrected chi connectivity index (χ0v) is 20.2. The molecule has 0 aliphatic heterocycles. The van der Waals surface area contributed by atoms with Crippen molar-refractivity contribution in [1.82, 2.24) is 25.4 Å². The predicted molar refractivity (Wildman–Crippen MR) is 130 cm³/mol. The Hall–Kier alpha value is -2.36. The summed E-state index contributed by atoms with van der Waals surface area (Å²) >= 11 is 0. The summed E-state index contributed by atoms with van der Waals surface area (Å²) in [7, 11) is 0. The molecule has 0 saturated carbocycles. The van der Waals surface area contributed by atoms with E-state index in [1.54, 1.807) is 12.6 Å². The van der Waals surface area contributed by atoms with Gasteiger partial charge in [0.2, 0.25) is 0 Å². The predicted octanol–water partition coefficient (Wildman–Crippen LogP) is 4.11. The summed E-state index contributed by atoms with van der Waals surface area (Å²) in [5.74, 6) is 2.57. The first-order valence-electron chi connectivity index (χ1n) is 10.2. The number of aryl methyl sites for hydroxylation is 2. The van der Waals surface area contributed by atoms with Gasteiger partial charge < -0.3 is 19.6 Å². The molecule has 1 unspecified atom stereocenters. The molecule has 3 aromatic rings. The third-order valence-electron chi connectivity index (χ3n) is 4.87. The lowest BCUT2D eigenvalue weighted by Gasteiger charge is -2.19. The minimum Gasteiger partial charge on any atom is -0.467 e. The van der Waals surface area contributed by atoms with Crippen LogP contribution in [-0.4, -0.2) is 27.3 Å². The molecule has 2 aromatic heterocycles. The molecule has 7 nitrogen and oxygen atoms in total. The molecule has 0 spiro atoms. The topological polar surface area (TPSA) is 80.3 Å². The number of aromatic nitrogens is 3. The number of halogens is 1. The first kappa shape index (κ1) is 23.9. The monoisotopic (exact) mass is 522 g/mol. The Morgan fingerprint density at radius 1 is 1.17 bits per heavy atom. The Bertz CT molecular complexity index is 889. The Morgan fingerprint density at radius 3 is 2.63 bits per heavy atom. The summed E-state index contributed by atoms with van der Waals surface area (Å²) in [5, 5.41) is 15.0. The van der Waals surface area contributed by atoms with Crippen LogP contribution in [0, 0.1) is 0 Å². The van der Waals surface area contributed by atoms with Gasteiger partial charge in [-0.25, -0.2) is 4.99 Å². The molecule has 30 heavy (non-hydrogen) atoms. The van der Waals surface area contributed by atoms with Gasteiger partial charge in [-0.2, -0.15) is 0 Å². The van der Waals surface area contributed by atoms with Crippen LogP contribution in [0.4, 0.5) is 0 Å². The van der Waals surface area contributed by atoms with E-state index in [-0.39, 0.29) is 30.0 Å². The highest BCUT2D eigenvalue weighted by Crippen LogP contribution is 2.14. The number of guanidine groups is 1. The highest BCUT2D eigenvalue weighted by Gasteiger charge is 2.09. The molecule has 0 saturated heterocycles. The van der Waals surface area contributed by atoms with Crippen molar-refractivity contribution in [3.05, 3.63) is 71.7 Å². The molecule has 2 heterocycles. The van der Waals surface area contributed by atoms with Gasteiger partial charge in [0.25, 0.3) is 0 Å². The normalized spacial score (nSPS) is 12.3. The molecule has 0 bridgehead atoms. The maximum Gasteiger partial charge on any atom is 0.192 e. The Labute approximate surface area is 195 Å². The number of nitrogens with one attached hydrogen (secondary N) is 2. The second-order valence-corrected chi connectivity index (χ2v) is 6.93. The van der Waals surface area contributed by atoms with E-state index >= 15 is 0 Å². The van der Waals surface area contributed by atoms with Crippen LogP contribution in [0.1, 0.15) is 49.5 Å². The van der Waals surface area contributed by atoms with E-state index in [2.05, 4.69) is 75.4 Å². The summed E-state index contributed by atoms with van der Waals surface area (Å²) in [5.41, 5.74) is 2.56. The van der Waals surface area contributed by atoms with Crippen molar-refractivity contribution in [3.63, 3.8) is 0 Å². The lowest BCUT2D eigenvalue weighted by atomic mass is 10.1. The van der Waals surface area contributed by atoms with Crippen LogP contribution in [0.2, 0.25) is 0 Å². The summed E-state index contributed by atoms with van der Waals surface area (Å²) < 4.78 is 7.47. The Kier molecular flexibility index (Phi) is 9.85. The lowest BCUT2D eigenvalue weighted by Crippen LogP contribution is -2.40. The van der Waals surface area contributed by atoms with Gasteiger partial charge in [0.05, 0.1) is 12.3 Å². The summed E-state index contributed by atoms with van der Waals surface area (Å²) in [6.45, 7) is 8.36. The number of aliphatic imine (C=N–C) groups is 1. The summed E-state index contributed by atoms with van der Waals surface area (Å²) in [6, 6.07) is 12.6. The smallest absolute Gasteiger partial charge is 0.192 e. The molecule has 2 N–H and O–H groups in total. The maximum absolute atomic E-state index is 5.41. The van der Waals surface area contributed by atoms with Crippen molar-refractivity contribution in [2.24, 2.45) is 4.99 Å². The van der Waals surface area contributed by atoms with Gasteiger partial charge in [-0.1, -0.05) is 38.1 Å². The largest absolute Gasteiger partial charge is 0.467 e. The highest BCUT2D eigenvalue weighted by molar-refractivity contribution is 14.0. The van der Waals surface area contributed by atoms with Crippen molar-refractivity contribution in [2.75, 3.05) is 6.54 Å². The Balaban J connectivity index is 0.00000320. The number of rotatable bonds is 9. The van der Waals surface area contributed by atoms with Crippen LogP contribution in [0.25, 0.3) is 0 Å². The molecule has 8 heteroatoms. The fraction of sp³-hybridized carbons (Fsp3) is 0.409. The van der Waals surface area contributed by atoms with Crippen molar-refractivity contribution < 1.29 is 4.42 Å². The molecular formula is C22H31IN6O. The molecule has 0 radical (unpaired) electrons. The van der Waals surface area contributed by atoms with Crippen LogP contribution in [-0.2, 0) is 25.9 Å². The van der Waals surface area contributed by atoms with Gasteiger partial charge in [0.1, 0.15) is 24.5 Å². The number of furan rings is 1. The minimum atomic E-state index is 0. The molecular weight excluding hydrogens is 491 g/mol. The average molecular weight is 522 g/mol. The van der Waals surface area contributed by atoms with E-state index in [1.807, 2.05) is 12.1 Å². The molecule has 0 amide bonds. The van der Waals surface area contributed by atoms with Gasteiger partial charge in [-0.3, -0.25) is 0 Å². The zero-order valence-electron chi connectivity index (χ0n) is 17.8. The molecule has 0 aliphatic rings. The van der Waals surface area contributed by atoms with Gasteiger partial charge in [0, 0.05) is 19.5 Å². The number of benzene rings is 1. The maximum atomic E-state index is 5.41. The van der Waals surface area contributed by atoms with Crippen LogP contribution in [0.15, 0.2) is 58.4 Å². The Morgan fingerprint density at radius 2 is 1.97 bits per heavy atom. The molecule has 3 rings (SSSR count). The van der Waals surface area contributed by atoms with E-state index in [0.29, 0.717) is 6.54 Å². The average Bonchev–Trinajstić information content (AvgIpc) is 3.43. The van der Waals surface area contributed by atoms with Crippen molar-refractivity contribution >= 4 is 29.9 Å².